The van der Waals surface area contributed by atoms with Crippen LogP contribution in [0.4, 0.5) is 0 Å². The standard InChI is InChI=1S/C24H20O9/c1-30-17-6-11(2-4-14(17)26)20-10-31-16-5-3-12(7-18(16)32-20)24-23(29)22(28)21-15(27)8-13(25)9-19(21)33-24/h2-9,20,23-27,29H,10H2,1H3/t20-,23-,24+/m0/s1. The second kappa shape index (κ2) is 7.79. The summed E-state index contributed by atoms with van der Waals surface area (Å²) in [5.41, 5.74) is 0.982. The molecule has 2 aliphatic rings. The molecule has 2 aliphatic heterocycles. The van der Waals surface area contributed by atoms with Gasteiger partial charge in [-0.25, -0.2) is 0 Å². The van der Waals surface area contributed by atoms with Gasteiger partial charge in [-0.1, -0.05) is 12.1 Å². The third-order valence-electron chi connectivity index (χ3n) is 5.65. The minimum atomic E-state index is -1.58. The van der Waals surface area contributed by atoms with Crippen molar-refractivity contribution in [2.75, 3.05) is 13.7 Å². The van der Waals surface area contributed by atoms with Crippen LogP contribution in [0.2, 0.25) is 0 Å². The summed E-state index contributed by atoms with van der Waals surface area (Å²) >= 11 is 0. The number of phenolic OH excluding ortho intramolecular Hbond substituents is 3. The number of ether oxygens (including phenoxy) is 4. The molecular formula is C24H20O9. The van der Waals surface area contributed by atoms with Gasteiger partial charge in [-0.15, -0.1) is 0 Å². The number of carbonyl (C=O) groups excluding carboxylic acids is 1. The van der Waals surface area contributed by atoms with Crippen molar-refractivity contribution >= 4 is 5.78 Å². The maximum atomic E-state index is 12.7. The number of Topliss-reactive ketones (excluding diaryl/α,β-unsaturated/α-hetero) is 1. The Morgan fingerprint density at radius 2 is 1.67 bits per heavy atom. The van der Waals surface area contributed by atoms with Crippen LogP contribution in [0.15, 0.2) is 48.5 Å². The number of ketones is 1. The lowest BCUT2D eigenvalue weighted by atomic mass is 9.92. The molecule has 3 aromatic carbocycles. The summed E-state index contributed by atoms with van der Waals surface area (Å²) in [6.45, 7) is 0.229. The van der Waals surface area contributed by atoms with Crippen molar-refractivity contribution in [1.29, 1.82) is 0 Å². The van der Waals surface area contributed by atoms with E-state index < -0.39 is 29.8 Å². The van der Waals surface area contributed by atoms with E-state index in [0.29, 0.717) is 22.8 Å². The van der Waals surface area contributed by atoms with Gasteiger partial charge in [0.2, 0.25) is 5.78 Å². The van der Waals surface area contributed by atoms with Crippen LogP contribution in [-0.4, -0.2) is 46.0 Å². The number of phenols is 3. The van der Waals surface area contributed by atoms with Crippen LogP contribution in [-0.2, 0) is 0 Å². The number of rotatable bonds is 3. The Labute approximate surface area is 188 Å². The molecule has 0 saturated heterocycles. The molecular weight excluding hydrogens is 432 g/mol. The Balaban J connectivity index is 1.45. The van der Waals surface area contributed by atoms with Crippen molar-refractivity contribution in [3.05, 3.63) is 65.2 Å². The summed E-state index contributed by atoms with van der Waals surface area (Å²) in [7, 11) is 1.45. The molecule has 2 heterocycles. The molecule has 0 fully saturated rings. The normalized spacial score (nSPS) is 21.2. The van der Waals surface area contributed by atoms with Crippen molar-refractivity contribution in [2.24, 2.45) is 0 Å². The molecule has 0 aromatic heterocycles. The van der Waals surface area contributed by atoms with Gasteiger partial charge in [0, 0.05) is 12.1 Å². The van der Waals surface area contributed by atoms with Gasteiger partial charge in [0.25, 0.3) is 0 Å². The molecule has 0 saturated carbocycles. The number of fused-ring (bicyclic) bond motifs is 2. The second-order valence-electron chi connectivity index (χ2n) is 7.74. The molecule has 9 heteroatoms. The molecule has 3 aromatic rings. The first-order chi connectivity index (χ1) is 15.9. The van der Waals surface area contributed by atoms with Crippen LogP contribution >= 0.6 is 0 Å². The van der Waals surface area contributed by atoms with Gasteiger partial charge >= 0.3 is 0 Å². The zero-order valence-electron chi connectivity index (χ0n) is 17.4. The fraction of sp³-hybridized carbons (Fsp3) is 0.208. The van der Waals surface area contributed by atoms with Crippen molar-refractivity contribution in [1.82, 2.24) is 0 Å². The minimum absolute atomic E-state index is 0.00567. The molecule has 0 bridgehead atoms. The van der Waals surface area contributed by atoms with E-state index in [1.165, 1.54) is 19.2 Å². The predicted molar refractivity (Wildman–Crippen MR) is 113 cm³/mol. The van der Waals surface area contributed by atoms with E-state index in [-0.39, 0.29) is 29.4 Å². The topological polar surface area (TPSA) is 135 Å². The lowest BCUT2D eigenvalue weighted by molar-refractivity contribution is 0.0207. The quantitative estimate of drug-likeness (QED) is 0.473. The Bertz CT molecular complexity index is 1250. The molecule has 0 spiro atoms. The Morgan fingerprint density at radius 1 is 0.879 bits per heavy atom. The van der Waals surface area contributed by atoms with E-state index in [1.807, 2.05) is 0 Å². The van der Waals surface area contributed by atoms with Crippen molar-refractivity contribution < 1.29 is 44.2 Å². The van der Waals surface area contributed by atoms with E-state index in [4.69, 9.17) is 18.9 Å². The van der Waals surface area contributed by atoms with Crippen LogP contribution in [0, 0.1) is 0 Å². The molecule has 0 unspecified atom stereocenters. The van der Waals surface area contributed by atoms with E-state index in [0.717, 1.165) is 11.6 Å². The highest BCUT2D eigenvalue weighted by atomic mass is 16.6. The zero-order chi connectivity index (χ0) is 23.3. The average molecular weight is 452 g/mol. The third kappa shape index (κ3) is 3.52. The van der Waals surface area contributed by atoms with Crippen molar-refractivity contribution in [3.8, 4) is 40.2 Å². The molecule has 0 amide bonds. The van der Waals surface area contributed by atoms with E-state index in [2.05, 4.69) is 0 Å². The number of methoxy groups -OCH3 is 1. The summed E-state index contributed by atoms with van der Waals surface area (Å²) in [4.78, 5) is 12.7. The SMILES string of the molecule is COc1cc([C@@H]2COc3ccc([C@H]4Oc5cc(O)cc(O)c5C(=O)[C@@H]4O)cc3O2)ccc1O. The summed E-state index contributed by atoms with van der Waals surface area (Å²) < 4.78 is 22.8. The smallest absolute Gasteiger partial charge is 0.202 e. The monoisotopic (exact) mass is 452 g/mol. The lowest BCUT2D eigenvalue weighted by Gasteiger charge is -2.32. The van der Waals surface area contributed by atoms with Gasteiger partial charge in [-0.2, -0.15) is 0 Å². The number of aromatic hydroxyl groups is 3. The third-order valence-corrected chi connectivity index (χ3v) is 5.65. The number of hydrogen-bond acceptors (Lipinski definition) is 9. The van der Waals surface area contributed by atoms with Gasteiger partial charge in [0.15, 0.2) is 41.3 Å². The maximum absolute atomic E-state index is 12.7. The average Bonchev–Trinajstić information content (AvgIpc) is 2.80. The first-order valence-corrected chi connectivity index (χ1v) is 10.1. The first-order valence-electron chi connectivity index (χ1n) is 10.1. The largest absolute Gasteiger partial charge is 0.508 e. The molecule has 33 heavy (non-hydrogen) atoms. The molecule has 0 aliphatic carbocycles. The van der Waals surface area contributed by atoms with Crippen molar-refractivity contribution in [2.45, 2.75) is 18.3 Å². The highest BCUT2D eigenvalue weighted by molar-refractivity contribution is 6.05. The van der Waals surface area contributed by atoms with Crippen LogP contribution in [0.1, 0.15) is 33.7 Å². The fourth-order valence-corrected chi connectivity index (χ4v) is 3.99. The highest BCUT2D eigenvalue weighted by Gasteiger charge is 2.39. The van der Waals surface area contributed by atoms with Crippen LogP contribution in [0.3, 0.4) is 0 Å². The van der Waals surface area contributed by atoms with E-state index in [1.54, 1.807) is 30.3 Å². The van der Waals surface area contributed by atoms with Gasteiger partial charge < -0.3 is 39.4 Å². The minimum Gasteiger partial charge on any atom is -0.508 e. The Kier molecular flexibility index (Phi) is 4.90. The molecule has 3 atom stereocenters. The van der Waals surface area contributed by atoms with Gasteiger partial charge in [-0.3, -0.25) is 4.79 Å². The summed E-state index contributed by atoms with van der Waals surface area (Å²) in [6.07, 6.45) is -3.15. The summed E-state index contributed by atoms with van der Waals surface area (Å²) in [5, 5.41) is 40.2. The summed E-state index contributed by atoms with van der Waals surface area (Å²) in [6, 6.07) is 12.0. The van der Waals surface area contributed by atoms with Crippen molar-refractivity contribution in [3.63, 3.8) is 0 Å². The van der Waals surface area contributed by atoms with E-state index in [9.17, 15) is 25.2 Å². The number of aliphatic hydroxyl groups is 1. The molecule has 5 rings (SSSR count). The lowest BCUT2D eigenvalue weighted by Crippen LogP contribution is -2.36. The molecule has 0 radical (unpaired) electrons. The van der Waals surface area contributed by atoms with Gasteiger partial charge in [-0.05, 0) is 35.4 Å². The Morgan fingerprint density at radius 3 is 2.45 bits per heavy atom. The fourth-order valence-electron chi connectivity index (χ4n) is 3.99. The van der Waals surface area contributed by atoms with Gasteiger partial charge in [0.1, 0.15) is 29.4 Å². The zero-order valence-corrected chi connectivity index (χ0v) is 17.4. The molecule has 4 N–H and O–H groups in total. The maximum Gasteiger partial charge on any atom is 0.202 e. The Hall–Kier alpha value is -4.11. The van der Waals surface area contributed by atoms with Crippen LogP contribution in [0.5, 0.6) is 40.2 Å². The number of benzene rings is 3. The van der Waals surface area contributed by atoms with Crippen LogP contribution in [0.25, 0.3) is 0 Å². The van der Waals surface area contributed by atoms with Crippen LogP contribution < -0.4 is 18.9 Å². The summed E-state index contributed by atoms with van der Waals surface area (Å²) in [5.74, 6) is -0.328. The molecule has 9 nitrogen and oxygen atoms in total. The number of carbonyl (C=O) groups is 1. The highest BCUT2D eigenvalue weighted by Crippen LogP contribution is 2.44. The second-order valence-corrected chi connectivity index (χ2v) is 7.74. The van der Waals surface area contributed by atoms with Gasteiger partial charge in [0.05, 0.1) is 7.11 Å². The van der Waals surface area contributed by atoms with E-state index >= 15 is 0 Å². The number of hydrogen-bond donors (Lipinski definition) is 4. The first kappa shape index (κ1) is 20.8. The molecule has 170 valence electrons. The number of aliphatic hydroxyl groups excluding tert-OH is 1. The predicted octanol–water partition coefficient (Wildman–Crippen LogP) is 3.00.